The van der Waals surface area contributed by atoms with Crippen molar-refractivity contribution in [2.24, 2.45) is 5.92 Å². The van der Waals surface area contributed by atoms with Gasteiger partial charge in [-0.05, 0) is 64.2 Å². The van der Waals surface area contributed by atoms with Gasteiger partial charge < -0.3 is 18.7 Å². The molecule has 2 unspecified atom stereocenters. The summed E-state index contributed by atoms with van der Waals surface area (Å²) in [5.74, 6) is -0.929. The number of carbonyl (C=O) groups excluding carboxylic acids is 3. The maximum atomic E-state index is 13.4. The number of phosphoric ester groups is 1. The van der Waals surface area contributed by atoms with Crippen LogP contribution in [0.5, 0.6) is 0 Å². The predicted octanol–water partition coefficient (Wildman–Crippen LogP) is 13.4. The van der Waals surface area contributed by atoms with E-state index >= 15 is 0 Å². The lowest BCUT2D eigenvalue weighted by Crippen LogP contribution is -2.37. The molecule has 11 nitrogen and oxygen atoms in total. The lowest BCUT2D eigenvalue weighted by molar-refractivity contribution is -0.870. The highest BCUT2D eigenvalue weighted by atomic mass is 31.2. The van der Waals surface area contributed by atoms with Gasteiger partial charge in [-0.2, -0.15) is 0 Å². The molecule has 0 amide bonds. The largest absolute Gasteiger partial charge is 0.475 e. The molecule has 61 heavy (non-hydrogen) atoms. The molecule has 0 saturated heterocycles. The standard InChI is InChI=1S/C49H95NO10P/c1-8-12-15-18-20-21-22-23-24-25-26-27-28-30-33-37-47(51)56-43-46(44-59-61(54,57-11-4)58-41-40-50(5,6)7)60-49(53)39-34-38-48(52)55-42-45(35-31-17-14-10-3)36-32-29-19-16-13-9-2/h23-24,45-46H,8-22,25-44H2,1-7H3/q+1/b24-23-/t45?,46-,61?/m1/s1. The number of phosphoric acid groups is 1. The Morgan fingerprint density at radius 1 is 0.508 bits per heavy atom. The molecule has 0 aliphatic heterocycles. The molecule has 0 aromatic rings. The van der Waals surface area contributed by atoms with Gasteiger partial charge in [0.05, 0.1) is 41.0 Å². The molecule has 0 rings (SSSR count). The monoisotopic (exact) mass is 889 g/mol. The Hall–Kier alpha value is -1.78. The number of ether oxygens (including phenoxy) is 3. The molecule has 0 aromatic carbocycles. The van der Waals surface area contributed by atoms with E-state index < -0.39 is 25.9 Å². The molecule has 0 heterocycles. The number of hydrogen-bond acceptors (Lipinski definition) is 10. The van der Waals surface area contributed by atoms with Crippen LogP contribution in [-0.4, -0.2) is 89.2 Å². The van der Waals surface area contributed by atoms with Gasteiger partial charge in [0.2, 0.25) is 0 Å². The molecule has 0 radical (unpaired) electrons. The van der Waals surface area contributed by atoms with E-state index in [0.717, 1.165) is 57.8 Å². The first-order chi connectivity index (χ1) is 29.4. The molecular weight excluding hydrogens is 794 g/mol. The van der Waals surface area contributed by atoms with Crippen LogP contribution in [0.1, 0.15) is 214 Å². The third-order valence-corrected chi connectivity index (χ3v) is 12.3. The molecule has 3 atom stereocenters. The van der Waals surface area contributed by atoms with Crippen LogP contribution in [0.25, 0.3) is 0 Å². The fourth-order valence-electron chi connectivity index (χ4n) is 6.87. The Kier molecular flexibility index (Phi) is 39.8. The van der Waals surface area contributed by atoms with E-state index in [1.807, 2.05) is 21.1 Å². The molecule has 0 N–H and O–H groups in total. The number of rotatable bonds is 45. The summed E-state index contributed by atoms with van der Waals surface area (Å²) in [5, 5.41) is 0. The summed E-state index contributed by atoms with van der Waals surface area (Å²) in [7, 11) is 1.98. The van der Waals surface area contributed by atoms with Crippen molar-refractivity contribution in [3.05, 3.63) is 12.2 Å². The highest BCUT2D eigenvalue weighted by Crippen LogP contribution is 2.49. The fraction of sp³-hybridized carbons (Fsp3) is 0.898. The zero-order chi connectivity index (χ0) is 45.3. The van der Waals surface area contributed by atoms with Gasteiger partial charge in [0, 0.05) is 19.3 Å². The van der Waals surface area contributed by atoms with Crippen LogP contribution in [0.3, 0.4) is 0 Å². The summed E-state index contributed by atoms with van der Waals surface area (Å²) in [5.41, 5.74) is 0. The van der Waals surface area contributed by atoms with E-state index in [0.29, 0.717) is 30.0 Å². The highest BCUT2D eigenvalue weighted by Gasteiger charge is 2.30. The second-order valence-corrected chi connectivity index (χ2v) is 19.6. The van der Waals surface area contributed by atoms with Crippen LogP contribution >= 0.6 is 7.82 Å². The lowest BCUT2D eigenvalue weighted by Gasteiger charge is -2.25. The molecule has 0 bridgehead atoms. The smallest absolute Gasteiger partial charge is 0.465 e. The zero-order valence-corrected chi connectivity index (χ0v) is 41.4. The summed E-state index contributed by atoms with van der Waals surface area (Å²) < 4.78 is 47.4. The van der Waals surface area contributed by atoms with Crippen LogP contribution in [0, 0.1) is 5.92 Å². The van der Waals surface area contributed by atoms with Crippen molar-refractivity contribution in [3.63, 3.8) is 0 Å². The van der Waals surface area contributed by atoms with E-state index in [-0.39, 0.29) is 58.1 Å². The van der Waals surface area contributed by atoms with Crippen molar-refractivity contribution < 1.29 is 51.2 Å². The average Bonchev–Trinajstić information content (AvgIpc) is 3.21. The number of carbonyl (C=O) groups is 3. The van der Waals surface area contributed by atoms with Crippen LogP contribution in [-0.2, 0) is 46.7 Å². The molecule has 360 valence electrons. The molecule has 0 saturated carbocycles. The number of nitrogens with zero attached hydrogens (tertiary/aromatic N) is 1. The van der Waals surface area contributed by atoms with Crippen molar-refractivity contribution >= 4 is 25.7 Å². The Balaban J connectivity index is 4.94. The number of quaternary nitrogens is 1. The fourth-order valence-corrected chi connectivity index (χ4v) is 8.07. The van der Waals surface area contributed by atoms with Gasteiger partial charge in [-0.15, -0.1) is 0 Å². The third-order valence-electron chi connectivity index (χ3n) is 10.8. The summed E-state index contributed by atoms with van der Waals surface area (Å²) >= 11 is 0. The van der Waals surface area contributed by atoms with Crippen molar-refractivity contribution in [1.82, 2.24) is 0 Å². The minimum Gasteiger partial charge on any atom is -0.465 e. The number of likely N-dealkylation sites (N-methyl/N-ethyl adjacent to an activating group) is 1. The molecule has 0 aliphatic rings. The van der Waals surface area contributed by atoms with Gasteiger partial charge in [-0.3, -0.25) is 28.0 Å². The SMILES string of the molecule is CCCCCCCC/C=C\CCCCCCCC(=O)OC[C@H](COP(=O)(OCC)OCC[N+](C)(C)C)OC(=O)CCCC(=O)OCC(CCCCCC)CCCCCCCC. The average molecular weight is 889 g/mol. The van der Waals surface area contributed by atoms with Crippen LogP contribution in [0.4, 0.5) is 0 Å². The number of allylic oxidation sites excluding steroid dienone is 2. The quantitative estimate of drug-likeness (QED) is 0.0146. The van der Waals surface area contributed by atoms with E-state index in [2.05, 4.69) is 32.9 Å². The highest BCUT2D eigenvalue weighted by molar-refractivity contribution is 7.48. The first-order valence-corrected chi connectivity index (χ1v) is 26.3. The van der Waals surface area contributed by atoms with Crippen molar-refractivity contribution in [1.29, 1.82) is 0 Å². The zero-order valence-electron chi connectivity index (χ0n) is 40.5. The third kappa shape index (κ3) is 40.7. The first kappa shape index (κ1) is 59.2. The minimum absolute atomic E-state index is 0.0320. The van der Waals surface area contributed by atoms with Crippen molar-refractivity contribution in [2.45, 2.75) is 220 Å². The van der Waals surface area contributed by atoms with E-state index in [4.69, 9.17) is 27.8 Å². The van der Waals surface area contributed by atoms with Gasteiger partial charge >= 0.3 is 25.7 Å². The molecule has 12 heteroatoms. The normalized spacial score (nSPS) is 13.9. The van der Waals surface area contributed by atoms with Gasteiger partial charge in [-0.25, -0.2) is 4.57 Å². The van der Waals surface area contributed by atoms with E-state index in [1.54, 1.807) is 6.92 Å². The van der Waals surface area contributed by atoms with Crippen LogP contribution in [0.15, 0.2) is 12.2 Å². The van der Waals surface area contributed by atoms with Crippen molar-refractivity contribution in [3.8, 4) is 0 Å². The van der Waals surface area contributed by atoms with Crippen molar-refractivity contribution in [2.75, 3.05) is 60.7 Å². The maximum absolute atomic E-state index is 13.4. The molecule has 0 fully saturated rings. The second kappa shape index (κ2) is 41.0. The Morgan fingerprint density at radius 2 is 0.967 bits per heavy atom. The Bertz CT molecular complexity index is 1130. The Labute approximate surface area is 374 Å². The molecule has 0 aliphatic carbocycles. The summed E-state index contributed by atoms with van der Waals surface area (Å²) in [6.07, 6.45) is 33.7. The Morgan fingerprint density at radius 3 is 1.51 bits per heavy atom. The topological polar surface area (TPSA) is 124 Å². The summed E-state index contributed by atoms with van der Waals surface area (Å²) in [6, 6.07) is 0. The number of hydrogen-bond donors (Lipinski definition) is 0. The lowest BCUT2D eigenvalue weighted by atomic mass is 9.95. The first-order valence-electron chi connectivity index (χ1n) is 24.9. The number of esters is 3. The maximum Gasteiger partial charge on any atom is 0.475 e. The van der Waals surface area contributed by atoms with Gasteiger partial charge in [0.1, 0.15) is 19.8 Å². The van der Waals surface area contributed by atoms with Gasteiger partial charge in [0.15, 0.2) is 6.10 Å². The number of unbranched alkanes of at least 4 members (excludes halogenated alkanes) is 19. The van der Waals surface area contributed by atoms with E-state index in [1.165, 1.54) is 96.3 Å². The predicted molar refractivity (Wildman–Crippen MR) is 249 cm³/mol. The van der Waals surface area contributed by atoms with Crippen LogP contribution in [0.2, 0.25) is 0 Å². The summed E-state index contributed by atoms with van der Waals surface area (Å²) in [6.45, 7) is 8.95. The molecule has 0 aromatic heterocycles. The van der Waals surface area contributed by atoms with Gasteiger partial charge in [0.25, 0.3) is 0 Å². The molecular formula is C49H95NO10P+. The van der Waals surface area contributed by atoms with E-state index in [9.17, 15) is 18.9 Å². The second-order valence-electron chi connectivity index (χ2n) is 17.9. The molecule has 0 spiro atoms. The minimum atomic E-state index is -3.98. The van der Waals surface area contributed by atoms with Gasteiger partial charge in [-0.1, -0.05) is 148 Å². The summed E-state index contributed by atoms with van der Waals surface area (Å²) in [4.78, 5) is 38.4. The van der Waals surface area contributed by atoms with Crippen LogP contribution < -0.4 is 0 Å².